The molecule has 1 aromatic heterocycles. The van der Waals surface area contributed by atoms with Crippen molar-refractivity contribution < 1.29 is 4.79 Å². The summed E-state index contributed by atoms with van der Waals surface area (Å²) in [7, 11) is 0. The van der Waals surface area contributed by atoms with Crippen LogP contribution >= 0.6 is 23.2 Å². The summed E-state index contributed by atoms with van der Waals surface area (Å²) in [5, 5.41) is 7.60. The molecule has 2 rings (SSSR count). The van der Waals surface area contributed by atoms with Crippen molar-refractivity contribution in [3.8, 4) is 5.69 Å². The quantitative estimate of drug-likeness (QED) is 0.650. The third-order valence-corrected chi connectivity index (χ3v) is 3.27. The lowest BCUT2D eigenvalue weighted by Gasteiger charge is -2.11. The average molecular weight is 312 g/mol. The second-order valence-electron chi connectivity index (χ2n) is 4.31. The summed E-state index contributed by atoms with van der Waals surface area (Å²) in [6.45, 7) is 0. The fourth-order valence-electron chi connectivity index (χ4n) is 1.81. The van der Waals surface area contributed by atoms with E-state index in [-0.39, 0.29) is 5.91 Å². The van der Waals surface area contributed by atoms with Crippen LogP contribution < -0.4 is 5.32 Å². The van der Waals surface area contributed by atoms with Crippen molar-refractivity contribution in [1.29, 1.82) is 0 Å². The Morgan fingerprint density at radius 2 is 2.20 bits per heavy atom. The third kappa shape index (κ3) is 3.99. The molecule has 1 N–H and O–H groups in total. The molecule has 1 aromatic carbocycles. The van der Waals surface area contributed by atoms with E-state index in [1.54, 1.807) is 23.0 Å². The zero-order chi connectivity index (χ0) is 14.4. The van der Waals surface area contributed by atoms with E-state index >= 15 is 0 Å². The van der Waals surface area contributed by atoms with Crippen molar-refractivity contribution in [2.75, 3.05) is 11.2 Å². The van der Waals surface area contributed by atoms with Crippen LogP contribution in [-0.4, -0.2) is 21.6 Å². The highest BCUT2D eigenvalue weighted by molar-refractivity contribution is 6.31. The van der Waals surface area contributed by atoms with Gasteiger partial charge in [0.2, 0.25) is 5.91 Å². The first-order chi connectivity index (χ1) is 9.70. The fraction of sp³-hybridized carbons (Fsp3) is 0.286. The Kier molecular flexibility index (Phi) is 5.44. The molecule has 106 valence electrons. The average Bonchev–Trinajstić information content (AvgIpc) is 2.93. The number of nitrogens with one attached hydrogen (secondary N) is 1. The maximum atomic E-state index is 11.9. The Morgan fingerprint density at radius 1 is 1.35 bits per heavy atom. The fourth-order valence-corrected chi connectivity index (χ4v) is 2.17. The largest absolute Gasteiger partial charge is 0.324 e. The zero-order valence-electron chi connectivity index (χ0n) is 10.9. The molecule has 0 bridgehead atoms. The molecule has 0 aliphatic rings. The summed E-state index contributed by atoms with van der Waals surface area (Å²) in [5.41, 5.74) is 1.43. The van der Waals surface area contributed by atoms with Crippen LogP contribution in [0, 0.1) is 0 Å². The second kappa shape index (κ2) is 7.31. The van der Waals surface area contributed by atoms with Crippen LogP contribution in [0.2, 0.25) is 5.02 Å². The molecule has 0 unspecified atom stereocenters. The number of alkyl halides is 1. The van der Waals surface area contributed by atoms with Crippen molar-refractivity contribution in [3.63, 3.8) is 0 Å². The van der Waals surface area contributed by atoms with E-state index in [1.807, 2.05) is 18.3 Å². The minimum absolute atomic E-state index is 0.0502. The third-order valence-electron chi connectivity index (χ3n) is 2.77. The molecule has 2 aromatic rings. The summed E-state index contributed by atoms with van der Waals surface area (Å²) >= 11 is 11.6. The van der Waals surface area contributed by atoms with Crippen molar-refractivity contribution in [2.24, 2.45) is 0 Å². The maximum Gasteiger partial charge on any atom is 0.224 e. The molecule has 0 aliphatic carbocycles. The lowest BCUT2D eigenvalue weighted by atomic mass is 10.2. The van der Waals surface area contributed by atoms with Gasteiger partial charge in [0.15, 0.2) is 0 Å². The van der Waals surface area contributed by atoms with E-state index in [0.717, 1.165) is 18.5 Å². The minimum atomic E-state index is -0.0502. The van der Waals surface area contributed by atoms with Gasteiger partial charge in [0.1, 0.15) is 0 Å². The van der Waals surface area contributed by atoms with Crippen molar-refractivity contribution >= 4 is 34.8 Å². The van der Waals surface area contributed by atoms with Gasteiger partial charge >= 0.3 is 0 Å². The normalized spacial score (nSPS) is 10.5. The summed E-state index contributed by atoms with van der Waals surface area (Å²) in [4.78, 5) is 11.9. The zero-order valence-corrected chi connectivity index (χ0v) is 12.4. The number of rotatable bonds is 6. The first-order valence-electron chi connectivity index (χ1n) is 6.36. The lowest BCUT2D eigenvalue weighted by molar-refractivity contribution is -0.116. The van der Waals surface area contributed by atoms with Gasteiger partial charge in [-0.1, -0.05) is 11.6 Å². The van der Waals surface area contributed by atoms with Gasteiger partial charge in [0.25, 0.3) is 0 Å². The molecule has 0 aliphatic heterocycles. The standard InChI is InChI=1S/C14H15Cl2N3O/c15-7-2-1-4-14(20)18-12-10-11(16)5-6-13(12)19-9-3-8-17-19/h3,5-6,8-10H,1-2,4,7H2,(H,18,20). The molecule has 0 spiro atoms. The molecule has 0 radical (unpaired) electrons. The van der Waals surface area contributed by atoms with Crippen molar-refractivity contribution in [3.05, 3.63) is 41.7 Å². The van der Waals surface area contributed by atoms with Crippen LogP contribution in [-0.2, 0) is 4.79 Å². The Balaban J connectivity index is 2.14. The topological polar surface area (TPSA) is 46.9 Å². The highest BCUT2D eigenvalue weighted by atomic mass is 35.5. The SMILES string of the molecule is O=C(CCCCCl)Nc1cc(Cl)ccc1-n1cccn1. The number of benzene rings is 1. The van der Waals surface area contributed by atoms with E-state index in [9.17, 15) is 4.79 Å². The molecule has 0 fully saturated rings. The molecule has 1 amide bonds. The molecule has 6 heteroatoms. The molecule has 20 heavy (non-hydrogen) atoms. The van der Waals surface area contributed by atoms with Crippen LogP contribution in [0.3, 0.4) is 0 Å². The van der Waals surface area contributed by atoms with Gasteiger partial charge < -0.3 is 5.32 Å². The van der Waals surface area contributed by atoms with Crippen LogP contribution in [0.5, 0.6) is 0 Å². The number of carbonyl (C=O) groups is 1. The number of nitrogens with zero attached hydrogens (tertiary/aromatic N) is 2. The van der Waals surface area contributed by atoms with Gasteiger partial charge in [0, 0.05) is 29.7 Å². The number of halogens is 2. The maximum absolute atomic E-state index is 11.9. The number of hydrogen-bond donors (Lipinski definition) is 1. The summed E-state index contributed by atoms with van der Waals surface area (Å²) in [6.07, 6.45) is 5.54. The molecule has 0 saturated carbocycles. The first kappa shape index (κ1) is 14.9. The molecular weight excluding hydrogens is 297 g/mol. The number of amides is 1. The van der Waals surface area contributed by atoms with E-state index in [2.05, 4.69) is 10.4 Å². The van der Waals surface area contributed by atoms with Gasteiger partial charge in [-0.05, 0) is 37.1 Å². The summed E-state index contributed by atoms with van der Waals surface area (Å²) in [6, 6.07) is 7.13. The number of hydrogen-bond acceptors (Lipinski definition) is 2. The summed E-state index contributed by atoms with van der Waals surface area (Å²) < 4.78 is 1.69. The van der Waals surface area contributed by atoms with Gasteiger partial charge in [-0.2, -0.15) is 5.10 Å². The number of unbranched alkanes of at least 4 members (excludes halogenated alkanes) is 1. The Morgan fingerprint density at radius 3 is 2.90 bits per heavy atom. The Hall–Kier alpha value is -1.52. The van der Waals surface area contributed by atoms with E-state index in [4.69, 9.17) is 23.2 Å². The van der Waals surface area contributed by atoms with Gasteiger partial charge in [-0.25, -0.2) is 4.68 Å². The predicted molar refractivity (Wildman–Crippen MR) is 81.8 cm³/mol. The monoisotopic (exact) mass is 311 g/mol. The van der Waals surface area contributed by atoms with Crippen LogP contribution in [0.15, 0.2) is 36.7 Å². The minimum Gasteiger partial charge on any atom is -0.324 e. The molecule has 0 saturated heterocycles. The predicted octanol–water partition coefficient (Wildman–Crippen LogP) is 3.87. The Bertz CT molecular complexity index is 570. The molecule has 4 nitrogen and oxygen atoms in total. The highest BCUT2D eigenvalue weighted by Gasteiger charge is 2.09. The van der Waals surface area contributed by atoms with E-state index < -0.39 is 0 Å². The van der Waals surface area contributed by atoms with Gasteiger partial charge in [-0.15, -0.1) is 11.6 Å². The van der Waals surface area contributed by atoms with Crippen LogP contribution in [0.4, 0.5) is 5.69 Å². The van der Waals surface area contributed by atoms with Gasteiger partial charge in [-0.3, -0.25) is 4.79 Å². The number of anilines is 1. The first-order valence-corrected chi connectivity index (χ1v) is 7.27. The van der Waals surface area contributed by atoms with E-state index in [0.29, 0.717) is 23.0 Å². The number of carbonyl (C=O) groups excluding carboxylic acids is 1. The Labute approximate surface area is 127 Å². The van der Waals surface area contributed by atoms with Crippen molar-refractivity contribution in [2.45, 2.75) is 19.3 Å². The van der Waals surface area contributed by atoms with Gasteiger partial charge in [0.05, 0.1) is 11.4 Å². The number of aromatic nitrogens is 2. The highest BCUT2D eigenvalue weighted by Crippen LogP contribution is 2.24. The van der Waals surface area contributed by atoms with Crippen LogP contribution in [0.25, 0.3) is 5.69 Å². The lowest BCUT2D eigenvalue weighted by Crippen LogP contribution is -2.13. The van der Waals surface area contributed by atoms with Crippen LogP contribution in [0.1, 0.15) is 19.3 Å². The molecule has 0 atom stereocenters. The molecular formula is C14H15Cl2N3O. The second-order valence-corrected chi connectivity index (χ2v) is 5.12. The van der Waals surface area contributed by atoms with Crippen molar-refractivity contribution in [1.82, 2.24) is 9.78 Å². The van der Waals surface area contributed by atoms with E-state index in [1.165, 1.54) is 0 Å². The molecule has 1 heterocycles. The summed E-state index contributed by atoms with van der Waals surface area (Å²) in [5.74, 6) is 0.522. The smallest absolute Gasteiger partial charge is 0.224 e.